The minimum Gasteiger partial charge on any atom is -0.446 e. The molecule has 0 aromatic carbocycles. The highest BCUT2D eigenvalue weighted by atomic mass is 79.9. The van der Waals surface area contributed by atoms with Crippen LogP contribution in [0.3, 0.4) is 0 Å². The zero-order valence-electron chi connectivity index (χ0n) is 14.5. The highest BCUT2D eigenvalue weighted by Gasteiger charge is 2.21. The average molecular weight is 427 g/mol. The number of hydrogen-bond donors (Lipinski definition) is 1. The number of nitrogens with one attached hydrogen (secondary N) is 1. The second-order valence-electron chi connectivity index (χ2n) is 6.56. The summed E-state index contributed by atoms with van der Waals surface area (Å²) >= 11 is 4.73. The summed E-state index contributed by atoms with van der Waals surface area (Å²) in [5.74, 6) is 1.75. The number of furan rings is 1. The van der Waals surface area contributed by atoms with E-state index < -0.39 is 0 Å². The van der Waals surface area contributed by atoms with Crippen molar-refractivity contribution in [2.24, 2.45) is 0 Å². The number of halogens is 1. The van der Waals surface area contributed by atoms with E-state index in [1.807, 2.05) is 16.7 Å². The molecule has 0 aliphatic heterocycles. The third kappa shape index (κ3) is 4.67. The molecule has 8 heteroatoms. The Balaban J connectivity index is 1.66. The van der Waals surface area contributed by atoms with Crippen molar-refractivity contribution in [2.75, 3.05) is 5.75 Å². The second kappa shape index (κ2) is 8.40. The van der Waals surface area contributed by atoms with Crippen LogP contribution in [0.4, 0.5) is 0 Å². The summed E-state index contributed by atoms with van der Waals surface area (Å²) in [5, 5.41) is 12.4. The highest BCUT2D eigenvalue weighted by molar-refractivity contribution is 9.10. The minimum absolute atomic E-state index is 0.0671. The van der Waals surface area contributed by atoms with Gasteiger partial charge in [0.05, 0.1) is 5.75 Å². The first-order chi connectivity index (χ1) is 12.0. The lowest BCUT2D eigenvalue weighted by Gasteiger charge is -2.22. The Bertz CT molecular complexity index is 722. The van der Waals surface area contributed by atoms with Crippen LogP contribution in [0.15, 0.2) is 26.4 Å². The quantitative estimate of drug-likeness (QED) is 0.691. The molecule has 1 amide bonds. The lowest BCUT2D eigenvalue weighted by molar-refractivity contribution is -0.119. The lowest BCUT2D eigenvalue weighted by atomic mass is 9.95. The number of nitrogens with zero attached hydrogens (tertiary/aromatic N) is 3. The van der Waals surface area contributed by atoms with Gasteiger partial charge in [-0.1, -0.05) is 31.0 Å². The molecule has 136 valence electrons. The molecule has 1 aliphatic carbocycles. The molecule has 2 aromatic rings. The van der Waals surface area contributed by atoms with Crippen molar-refractivity contribution in [3.63, 3.8) is 0 Å². The lowest BCUT2D eigenvalue weighted by Crippen LogP contribution is -2.37. The van der Waals surface area contributed by atoms with Crippen molar-refractivity contribution in [3.8, 4) is 11.6 Å². The van der Waals surface area contributed by atoms with E-state index in [2.05, 4.69) is 45.3 Å². The summed E-state index contributed by atoms with van der Waals surface area (Å²) in [6.07, 6.45) is 5.89. The normalized spacial score (nSPS) is 15.7. The third-order valence-electron chi connectivity index (χ3n) is 4.28. The molecule has 0 unspecified atom stereocenters. The molecule has 0 bridgehead atoms. The van der Waals surface area contributed by atoms with E-state index >= 15 is 0 Å². The number of hydrogen-bond acceptors (Lipinski definition) is 5. The fraction of sp³-hybridized carbons (Fsp3) is 0.588. The summed E-state index contributed by atoms with van der Waals surface area (Å²) in [4.78, 5) is 12.2. The van der Waals surface area contributed by atoms with Gasteiger partial charge in [0.2, 0.25) is 11.7 Å². The molecule has 0 saturated heterocycles. The molecule has 25 heavy (non-hydrogen) atoms. The minimum atomic E-state index is 0.0671. The molecule has 2 aromatic heterocycles. The van der Waals surface area contributed by atoms with Crippen LogP contribution >= 0.6 is 27.7 Å². The summed E-state index contributed by atoms with van der Waals surface area (Å²) in [6, 6.07) is 4.19. The number of aromatic nitrogens is 3. The van der Waals surface area contributed by atoms with Gasteiger partial charge in [-0.05, 0) is 54.8 Å². The number of carbonyl (C=O) groups is 1. The molecular weight excluding hydrogens is 404 g/mol. The van der Waals surface area contributed by atoms with E-state index in [0.29, 0.717) is 28.0 Å². The van der Waals surface area contributed by atoms with Crippen molar-refractivity contribution in [2.45, 2.75) is 63.2 Å². The Hall–Kier alpha value is -1.28. The van der Waals surface area contributed by atoms with Gasteiger partial charge in [-0.25, -0.2) is 0 Å². The Morgan fingerprint density at radius 1 is 1.36 bits per heavy atom. The van der Waals surface area contributed by atoms with Gasteiger partial charge < -0.3 is 9.73 Å². The van der Waals surface area contributed by atoms with Gasteiger partial charge in [0, 0.05) is 12.1 Å². The molecule has 3 rings (SSSR count). The van der Waals surface area contributed by atoms with Gasteiger partial charge >= 0.3 is 0 Å². The van der Waals surface area contributed by atoms with Crippen molar-refractivity contribution >= 4 is 33.6 Å². The van der Waals surface area contributed by atoms with E-state index in [1.165, 1.54) is 31.0 Å². The molecule has 1 N–H and O–H groups in total. The maximum Gasteiger partial charge on any atom is 0.230 e. The summed E-state index contributed by atoms with van der Waals surface area (Å²) in [6.45, 7) is 4.13. The first-order valence-corrected chi connectivity index (χ1v) is 10.4. The summed E-state index contributed by atoms with van der Waals surface area (Å²) in [7, 11) is 0. The van der Waals surface area contributed by atoms with Crippen LogP contribution in [0.1, 0.15) is 52.0 Å². The zero-order valence-corrected chi connectivity index (χ0v) is 16.9. The molecular formula is C17H23BrN4O2S. The van der Waals surface area contributed by atoms with Crippen LogP contribution < -0.4 is 5.32 Å². The van der Waals surface area contributed by atoms with Gasteiger partial charge in [0.1, 0.15) is 0 Å². The molecule has 2 heterocycles. The largest absolute Gasteiger partial charge is 0.446 e. The van der Waals surface area contributed by atoms with E-state index in [4.69, 9.17) is 4.42 Å². The molecule has 6 nitrogen and oxygen atoms in total. The van der Waals surface area contributed by atoms with Crippen molar-refractivity contribution in [1.82, 2.24) is 20.1 Å². The Kier molecular flexibility index (Phi) is 6.22. The van der Waals surface area contributed by atoms with Crippen LogP contribution in [0.2, 0.25) is 0 Å². The van der Waals surface area contributed by atoms with E-state index in [1.54, 1.807) is 0 Å². The Labute approximate surface area is 160 Å². The fourth-order valence-electron chi connectivity index (χ4n) is 3.09. The van der Waals surface area contributed by atoms with Crippen LogP contribution in [-0.4, -0.2) is 32.5 Å². The zero-order chi connectivity index (χ0) is 17.8. The average Bonchev–Trinajstić information content (AvgIpc) is 3.19. The van der Waals surface area contributed by atoms with Crippen molar-refractivity contribution in [3.05, 3.63) is 16.8 Å². The van der Waals surface area contributed by atoms with Gasteiger partial charge in [0.25, 0.3) is 0 Å². The van der Waals surface area contributed by atoms with E-state index in [0.717, 1.165) is 18.0 Å². The maximum absolute atomic E-state index is 12.2. The molecule has 0 atom stereocenters. The highest BCUT2D eigenvalue weighted by Crippen LogP contribution is 2.30. The Morgan fingerprint density at radius 2 is 2.12 bits per heavy atom. The first-order valence-electron chi connectivity index (χ1n) is 8.67. The number of rotatable bonds is 6. The van der Waals surface area contributed by atoms with Gasteiger partial charge in [0.15, 0.2) is 15.6 Å². The number of amides is 1. The number of carbonyl (C=O) groups excluding carboxylic acids is 1. The van der Waals surface area contributed by atoms with Crippen LogP contribution in [0.25, 0.3) is 11.6 Å². The summed E-state index contributed by atoms with van der Waals surface area (Å²) < 4.78 is 8.26. The van der Waals surface area contributed by atoms with Crippen molar-refractivity contribution in [1.29, 1.82) is 0 Å². The monoisotopic (exact) mass is 426 g/mol. The predicted molar refractivity (Wildman–Crippen MR) is 102 cm³/mol. The topological polar surface area (TPSA) is 73.0 Å². The molecule has 0 radical (unpaired) electrons. The second-order valence-corrected chi connectivity index (χ2v) is 8.29. The van der Waals surface area contributed by atoms with Crippen LogP contribution in [-0.2, 0) is 4.79 Å². The smallest absolute Gasteiger partial charge is 0.230 e. The fourth-order valence-corrected chi connectivity index (χ4v) is 4.27. The standard InChI is InChI=1S/C17H23BrN4O2S/c1-11(2)22-16(13-8-9-14(18)24-13)20-21-17(22)25-10-15(23)19-12-6-4-3-5-7-12/h8-9,11-12H,3-7,10H2,1-2H3,(H,19,23). The van der Waals surface area contributed by atoms with E-state index in [-0.39, 0.29) is 11.9 Å². The van der Waals surface area contributed by atoms with E-state index in [9.17, 15) is 4.79 Å². The van der Waals surface area contributed by atoms with Crippen molar-refractivity contribution < 1.29 is 9.21 Å². The maximum atomic E-state index is 12.2. The number of thioether (sulfide) groups is 1. The SMILES string of the molecule is CC(C)n1c(SCC(=O)NC2CCCCC2)nnc1-c1ccc(Br)o1. The van der Waals surface area contributed by atoms with Gasteiger partial charge in [-0.15, -0.1) is 10.2 Å². The molecule has 1 aliphatic rings. The van der Waals surface area contributed by atoms with Gasteiger partial charge in [-0.3, -0.25) is 9.36 Å². The molecule has 0 spiro atoms. The summed E-state index contributed by atoms with van der Waals surface area (Å²) in [5.41, 5.74) is 0. The van der Waals surface area contributed by atoms with Gasteiger partial charge in [-0.2, -0.15) is 0 Å². The first kappa shape index (κ1) is 18.5. The van der Waals surface area contributed by atoms with Crippen LogP contribution in [0, 0.1) is 0 Å². The van der Waals surface area contributed by atoms with Crippen LogP contribution in [0.5, 0.6) is 0 Å². The molecule has 1 saturated carbocycles. The molecule has 1 fully saturated rings. The Morgan fingerprint density at radius 3 is 2.76 bits per heavy atom. The predicted octanol–water partition coefficient (Wildman–Crippen LogP) is 4.42. The third-order valence-corrected chi connectivity index (χ3v) is 5.65.